The highest BCUT2D eigenvalue weighted by atomic mass is 35.5. The van der Waals surface area contributed by atoms with Gasteiger partial charge in [0.2, 0.25) is 10.0 Å². The Bertz CT molecular complexity index is 590. The summed E-state index contributed by atoms with van der Waals surface area (Å²) in [6, 6.07) is 4.60. The molecule has 8 heteroatoms. The Morgan fingerprint density at radius 3 is 2.48 bits per heavy atom. The van der Waals surface area contributed by atoms with E-state index < -0.39 is 15.6 Å². The minimum Gasteiger partial charge on any atom is -0.490 e. The van der Waals surface area contributed by atoms with E-state index in [0.29, 0.717) is 24.7 Å². The molecule has 0 aliphatic carbocycles. The molecule has 0 unspecified atom stereocenters. The van der Waals surface area contributed by atoms with Crippen LogP contribution in [-0.4, -0.2) is 33.7 Å². The highest BCUT2D eigenvalue weighted by Gasteiger charge is 2.26. The molecule has 0 saturated heterocycles. The SMILES string of the molecule is CC(C)(CN)NS(=O)(=O)c1ccc2c(c1)OCCCO2.Cl. The zero-order valence-corrected chi connectivity index (χ0v) is 13.7. The van der Waals surface area contributed by atoms with Crippen molar-refractivity contribution in [1.82, 2.24) is 4.72 Å². The maximum atomic E-state index is 12.3. The van der Waals surface area contributed by atoms with Crippen LogP contribution >= 0.6 is 12.4 Å². The van der Waals surface area contributed by atoms with Gasteiger partial charge >= 0.3 is 0 Å². The summed E-state index contributed by atoms with van der Waals surface area (Å²) in [6.07, 6.45) is 0.773. The molecule has 0 bridgehead atoms. The second-order valence-electron chi connectivity index (χ2n) is 5.35. The van der Waals surface area contributed by atoms with Gasteiger partial charge in [0, 0.05) is 24.6 Å². The summed E-state index contributed by atoms with van der Waals surface area (Å²) < 4.78 is 38.2. The first-order chi connectivity index (χ1) is 9.34. The molecule has 0 radical (unpaired) electrons. The predicted octanol–water partition coefficient (Wildman–Crippen LogP) is 1.29. The molecule has 0 amide bonds. The van der Waals surface area contributed by atoms with Crippen molar-refractivity contribution >= 4 is 22.4 Å². The van der Waals surface area contributed by atoms with E-state index in [-0.39, 0.29) is 23.8 Å². The Labute approximate surface area is 131 Å². The smallest absolute Gasteiger partial charge is 0.241 e. The van der Waals surface area contributed by atoms with Gasteiger partial charge in [0.1, 0.15) is 0 Å². The maximum absolute atomic E-state index is 12.3. The number of fused-ring (bicyclic) bond motifs is 1. The zero-order chi connectivity index (χ0) is 14.8. The fourth-order valence-electron chi connectivity index (χ4n) is 1.78. The third-order valence-corrected chi connectivity index (χ3v) is 4.65. The lowest BCUT2D eigenvalue weighted by molar-refractivity contribution is 0.297. The summed E-state index contributed by atoms with van der Waals surface area (Å²) in [5.41, 5.74) is 4.85. The lowest BCUT2D eigenvalue weighted by atomic mass is 10.1. The molecule has 0 spiro atoms. The Kier molecular flexibility index (Phi) is 5.86. The Balaban J connectivity index is 0.00000220. The van der Waals surface area contributed by atoms with Gasteiger partial charge in [-0.1, -0.05) is 0 Å². The molecule has 6 nitrogen and oxygen atoms in total. The first-order valence-electron chi connectivity index (χ1n) is 6.48. The second-order valence-corrected chi connectivity index (χ2v) is 7.03. The first kappa shape index (κ1) is 18.0. The molecule has 120 valence electrons. The molecular weight excluding hydrogens is 316 g/mol. The molecule has 0 aromatic heterocycles. The van der Waals surface area contributed by atoms with Crippen LogP contribution in [0.3, 0.4) is 0 Å². The van der Waals surface area contributed by atoms with Crippen LogP contribution in [0.1, 0.15) is 20.3 Å². The van der Waals surface area contributed by atoms with Crippen molar-refractivity contribution in [3.8, 4) is 11.5 Å². The summed E-state index contributed by atoms with van der Waals surface area (Å²) >= 11 is 0. The molecule has 0 fully saturated rings. The number of rotatable bonds is 4. The van der Waals surface area contributed by atoms with Gasteiger partial charge in [-0.15, -0.1) is 12.4 Å². The third kappa shape index (κ3) is 4.47. The monoisotopic (exact) mass is 336 g/mol. The molecule has 3 N–H and O–H groups in total. The number of hydrogen-bond donors (Lipinski definition) is 2. The largest absolute Gasteiger partial charge is 0.490 e. The van der Waals surface area contributed by atoms with Crippen molar-refractivity contribution in [2.75, 3.05) is 19.8 Å². The number of sulfonamides is 1. The van der Waals surface area contributed by atoms with Crippen LogP contribution in [0.25, 0.3) is 0 Å². The fraction of sp³-hybridized carbons (Fsp3) is 0.538. The van der Waals surface area contributed by atoms with Gasteiger partial charge < -0.3 is 15.2 Å². The summed E-state index contributed by atoms with van der Waals surface area (Å²) in [5.74, 6) is 1.02. The van der Waals surface area contributed by atoms with Gasteiger partial charge in [-0.05, 0) is 26.0 Å². The summed E-state index contributed by atoms with van der Waals surface area (Å²) in [4.78, 5) is 0.142. The van der Waals surface area contributed by atoms with E-state index in [1.807, 2.05) is 0 Å². The van der Waals surface area contributed by atoms with Gasteiger partial charge in [0.05, 0.1) is 18.1 Å². The molecule has 0 atom stereocenters. The minimum atomic E-state index is -3.64. The third-order valence-electron chi connectivity index (χ3n) is 2.95. The van der Waals surface area contributed by atoms with Crippen LogP contribution in [0.2, 0.25) is 0 Å². The van der Waals surface area contributed by atoms with Crippen LogP contribution in [0, 0.1) is 0 Å². The Hall–Kier alpha value is -1.02. The number of nitrogens with one attached hydrogen (secondary N) is 1. The molecular formula is C13H21ClN2O4S. The first-order valence-corrected chi connectivity index (χ1v) is 7.96. The van der Waals surface area contributed by atoms with Crippen LogP contribution < -0.4 is 19.9 Å². The van der Waals surface area contributed by atoms with Crippen molar-refractivity contribution < 1.29 is 17.9 Å². The van der Waals surface area contributed by atoms with Gasteiger partial charge in [-0.2, -0.15) is 0 Å². The molecule has 1 heterocycles. The zero-order valence-electron chi connectivity index (χ0n) is 12.1. The quantitative estimate of drug-likeness (QED) is 0.864. The van der Waals surface area contributed by atoms with Crippen molar-refractivity contribution in [1.29, 1.82) is 0 Å². The van der Waals surface area contributed by atoms with E-state index in [9.17, 15) is 8.42 Å². The Morgan fingerprint density at radius 2 is 1.86 bits per heavy atom. The number of ether oxygens (including phenoxy) is 2. The Morgan fingerprint density at radius 1 is 1.24 bits per heavy atom. The van der Waals surface area contributed by atoms with E-state index in [1.54, 1.807) is 19.9 Å². The molecule has 1 aromatic carbocycles. The molecule has 1 aromatic rings. The van der Waals surface area contributed by atoms with E-state index >= 15 is 0 Å². The lowest BCUT2D eigenvalue weighted by Crippen LogP contribution is -2.48. The van der Waals surface area contributed by atoms with Gasteiger partial charge in [-0.3, -0.25) is 0 Å². The normalized spacial score (nSPS) is 15.0. The number of hydrogen-bond acceptors (Lipinski definition) is 5. The van der Waals surface area contributed by atoms with Crippen LogP contribution in [0.4, 0.5) is 0 Å². The highest BCUT2D eigenvalue weighted by Crippen LogP contribution is 2.32. The average Bonchev–Trinajstić information content (AvgIpc) is 2.61. The number of benzene rings is 1. The van der Waals surface area contributed by atoms with Gasteiger partial charge in [0.25, 0.3) is 0 Å². The molecule has 2 rings (SSSR count). The average molecular weight is 337 g/mol. The van der Waals surface area contributed by atoms with Crippen molar-refractivity contribution in [2.45, 2.75) is 30.7 Å². The number of halogens is 1. The summed E-state index contributed by atoms with van der Waals surface area (Å²) in [7, 11) is -3.64. The van der Waals surface area contributed by atoms with Crippen LogP contribution in [-0.2, 0) is 10.0 Å². The van der Waals surface area contributed by atoms with Crippen molar-refractivity contribution in [3.05, 3.63) is 18.2 Å². The van der Waals surface area contributed by atoms with E-state index in [2.05, 4.69) is 4.72 Å². The predicted molar refractivity (Wildman–Crippen MR) is 82.8 cm³/mol. The highest BCUT2D eigenvalue weighted by molar-refractivity contribution is 7.89. The van der Waals surface area contributed by atoms with E-state index in [1.165, 1.54) is 12.1 Å². The number of nitrogens with two attached hydrogens (primary N) is 1. The lowest BCUT2D eigenvalue weighted by Gasteiger charge is -2.24. The molecule has 0 saturated carbocycles. The topological polar surface area (TPSA) is 90.7 Å². The van der Waals surface area contributed by atoms with Crippen LogP contribution in [0.5, 0.6) is 11.5 Å². The van der Waals surface area contributed by atoms with Gasteiger partial charge in [-0.25, -0.2) is 13.1 Å². The van der Waals surface area contributed by atoms with Crippen molar-refractivity contribution in [2.24, 2.45) is 5.73 Å². The minimum absolute atomic E-state index is 0. The van der Waals surface area contributed by atoms with Crippen LogP contribution in [0.15, 0.2) is 23.1 Å². The maximum Gasteiger partial charge on any atom is 0.241 e. The second kappa shape index (κ2) is 6.83. The standard InChI is InChI=1S/C13H20N2O4S.ClH/c1-13(2,9-14)15-20(16,17)10-4-5-11-12(8-10)19-7-3-6-18-11;/h4-5,8,15H,3,6-7,9,14H2,1-2H3;1H. The van der Waals surface area contributed by atoms with E-state index in [0.717, 1.165) is 6.42 Å². The van der Waals surface area contributed by atoms with E-state index in [4.69, 9.17) is 15.2 Å². The molecule has 1 aliphatic rings. The molecule has 1 aliphatic heterocycles. The fourth-order valence-corrected chi connectivity index (χ4v) is 3.21. The van der Waals surface area contributed by atoms with Crippen molar-refractivity contribution in [3.63, 3.8) is 0 Å². The van der Waals surface area contributed by atoms with Gasteiger partial charge in [0.15, 0.2) is 11.5 Å². The summed E-state index contributed by atoms with van der Waals surface area (Å²) in [5, 5.41) is 0. The summed E-state index contributed by atoms with van der Waals surface area (Å²) in [6.45, 7) is 4.74. The molecule has 21 heavy (non-hydrogen) atoms.